The molecule has 2 aromatic carbocycles. The van der Waals surface area contributed by atoms with Crippen molar-refractivity contribution >= 4 is 38.5 Å². The Morgan fingerprint density at radius 1 is 1.19 bits per heavy atom. The predicted molar refractivity (Wildman–Crippen MR) is 123 cm³/mol. The molecule has 5 rings (SSSR count). The fourth-order valence-corrected chi connectivity index (χ4v) is 4.44. The number of nitrogens with zero attached hydrogens (tertiary/aromatic N) is 3. The number of nitrogen functional groups attached to an aromatic ring is 1. The van der Waals surface area contributed by atoms with E-state index in [1.807, 2.05) is 37.3 Å². The third-order valence-corrected chi connectivity index (χ3v) is 6.20. The van der Waals surface area contributed by atoms with Gasteiger partial charge in [-0.25, -0.2) is 19.2 Å². The molecule has 7 nitrogen and oxygen atoms in total. The molecule has 0 bridgehead atoms. The Kier molecular flexibility index (Phi) is 5.20. The third kappa shape index (κ3) is 3.88. The van der Waals surface area contributed by atoms with E-state index in [4.69, 9.17) is 10.6 Å². The Labute approximate surface area is 187 Å². The van der Waals surface area contributed by atoms with Gasteiger partial charge in [0.2, 0.25) is 0 Å². The maximum atomic E-state index is 13.3. The summed E-state index contributed by atoms with van der Waals surface area (Å²) >= 11 is 1.33. The number of hydroxylamine groups is 2. The Bertz CT molecular complexity index is 1310. The Morgan fingerprint density at radius 3 is 2.81 bits per heavy atom. The van der Waals surface area contributed by atoms with Crippen LogP contribution in [0.25, 0.3) is 21.6 Å². The van der Waals surface area contributed by atoms with Gasteiger partial charge in [-0.1, -0.05) is 35.6 Å². The number of aryl methyl sites for hydroxylation is 1. The van der Waals surface area contributed by atoms with Crippen molar-refractivity contribution in [1.82, 2.24) is 15.0 Å². The van der Waals surface area contributed by atoms with Crippen molar-refractivity contribution in [1.29, 1.82) is 0 Å². The quantitative estimate of drug-likeness (QED) is 0.443. The molecule has 0 radical (unpaired) electrons. The lowest BCUT2D eigenvalue weighted by atomic mass is 10.0. The second-order valence-electron chi connectivity index (χ2n) is 7.55. The first-order valence-corrected chi connectivity index (χ1v) is 10.9. The van der Waals surface area contributed by atoms with Crippen LogP contribution < -0.4 is 11.1 Å². The number of halogens is 1. The molecule has 0 spiro atoms. The van der Waals surface area contributed by atoms with Crippen molar-refractivity contribution in [3.05, 3.63) is 71.5 Å². The molecular formula is C23H20FN5O2S. The van der Waals surface area contributed by atoms with E-state index in [1.54, 1.807) is 12.1 Å². The van der Waals surface area contributed by atoms with Crippen molar-refractivity contribution in [3.8, 4) is 11.3 Å². The fraction of sp³-hybridized carbons (Fsp3) is 0.174. The van der Waals surface area contributed by atoms with Crippen LogP contribution in [0.15, 0.2) is 54.6 Å². The van der Waals surface area contributed by atoms with E-state index in [0.717, 1.165) is 32.7 Å². The number of carbonyl (C=O) groups excluding carboxylic acids is 1. The van der Waals surface area contributed by atoms with Crippen LogP contribution in [0.5, 0.6) is 0 Å². The number of nitrogens with two attached hydrogens (primary N) is 1. The number of carbonyl (C=O) groups is 1. The zero-order valence-electron chi connectivity index (χ0n) is 17.2. The van der Waals surface area contributed by atoms with Gasteiger partial charge < -0.3 is 11.1 Å². The number of amides is 2. The Morgan fingerprint density at radius 2 is 2.00 bits per heavy atom. The minimum atomic E-state index is -0.379. The van der Waals surface area contributed by atoms with Gasteiger partial charge in [-0.2, -0.15) is 5.06 Å². The molecule has 9 heteroatoms. The molecule has 162 valence electrons. The van der Waals surface area contributed by atoms with Crippen molar-refractivity contribution in [2.75, 3.05) is 17.7 Å². The number of anilines is 2. The molecule has 1 fully saturated rings. The van der Waals surface area contributed by atoms with Crippen LogP contribution >= 0.6 is 11.3 Å². The molecule has 3 heterocycles. The number of fused-ring (bicyclic) bond motifs is 1. The van der Waals surface area contributed by atoms with Gasteiger partial charge in [0.1, 0.15) is 16.2 Å². The molecule has 1 unspecified atom stereocenters. The van der Waals surface area contributed by atoms with Gasteiger partial charge in [0.25, 0.3) is 0 Å². The SMILES string of the molecule is Cc1ccc(-c2ccc3nc(N)sc3n2)cc1NC(=O)N1OCCC1c1ccc(F)cc1. The maximum Gasteiger partial charge on any atom is 0.346 e. The van der Waals surface area contributed by atoms with Gasteiger partial charge in [0, 0.05) is 17.7 Å². The van der Waals surface area contributed by atoms with Crippen LogP contribution in [-0.2, 0) is 4.84 Å². The number of nitrogens with one attached hydrogen (secondary N) is 1. The van der Waals surface area contributed by atoms with Crippen LogP contribution in [0.4, 0.5) is 20.0 Å². The maximum absolute atomic E-state index is 13.3. The number of hydrogen-bond donors (Lipinski definition) is 2. The lowest BCUT2D eigenvalue weighted by molar-refractivity contribution is -0.0830. The van der Waals surface area contributed by atoms with E-state index in [-0.39, 0.29) is 17.9 Å². The molecule has 0 saturated carbocycles. The van der Waals surface area contributed by atoms with Gasteiger partial charge in [0.15, 0.2) is 5.13 Å². The number of thiazole rings is 1. The van der Waals surface area contributed by atoms with Crippen LogP contribution in [0, 0.1) is 12.7 Å². The first-order chi connectivity index (χ1) is 15.5. The second-order valence-corrected chi connectivity index (χ2v) is 8.56. The molecule has 2 amide bonds. The van der Waals surface area contributed by atoms with Gasteiger partial charge >= 0.3 is 6.03 Å². The number of hydrogen-bond acceptors (Lipinski definition) is 6. The standard InChI is InChI=1S/C23H20FN5O2S/c1-13-2-3-15(17-8-9-18-21(26-17)32-22(25)27-18)12-19(13)28-23(30)29-20(10-11-31-29)14-4-6-16(24)7-5-14/h2-9,12,20H,10-11H2,1H3,(H2,25,27)(H,28,30). The van der Waals surface area contributed by atoms with Gasteiger partial charge in [-0.3, -0.25) is 4.84 Å². The fourth-order valence-electron chi connectivity index (χ4n) is 3.74. The van der Waals surface area contributed by atoms with Gasteiger partial charge in [-0.15, -0.1) is 0 Å². The normalized spacial score (nSPS) is 15.9. The average molecular weight is 450 g/mol. The molecule has 3 N–H and O–H groups in total. The molecular weight excluding hydrogens is 429 g/mol. The van der Waals surface area contributed by atoms with E-state index in [9.17, 15) is 9.18 Å². The molecule has 1 atom stereocenters. The minimum absolute atomic E-state index is 0.278. The summed E-state index contributed by atoms with van der Waals surface area (Å²) in [5, 5.41) is 4.74. The molecule has 4 aromatic rings. The van der Waals surface area contributed by atoms with Crippen LogP contribution in [-0.4, -0.2) is 27.7 Å². The molecule has 2 aromatic heterocycles. The minimum Gasteiger partial charge on any atom is -0.375 e. The lowest BCUT2D eigenvalue weighted by Crippen LogP contribution is -2.33. The third-order valence-electron chi connectivity index (χ3n) is 5.41. The summed E-state index contributed by atoms with van der Waals surface area (Å²) in [6, 6.07) is 15.0. The highest BCUT2D eigenvalue weighted by molar-refractivity contribution is 7.21. The van der Waals surface area contributed by atoms with Crippen LogP contribution in [0.3, 0.4) is 0 Å². The number of benzene rings is 2. The number of rotatable bonds is 3. The zero-order valence-corrected chi connectivity index (χ0v) is 18.0. The zero-order chi connectivity index (χ0) is 22.2. The second kappa shape index (κ2) is 8.18. The Hall–Kier alpha value is -3.56. The van der Waals surface area contributed by atoms with Gasteiger partial charge in [0.05, 0.1) is 18.3 Å². The number of urea groups is 1. The van der Waals surface area contributed by atoms with Crippen LogP contribution in [0.1, 0.15) is 23.6 Å². The van der Waals surface area contributed by atoms with Gasteiger partial charge in [-0.05, 0) is 48.4 Å². The summed E-state index contributed by atoms with van der Waals surface area (Å²) in [4.78, 5) is 28.3. The van der Waals surface area contributed by atoms with E-state index in [0.29, 0.717) is 23.8 Å². The molecule has 1 aliphatic heterocycles. The van der Waals surface area contributed by atoms with E-state index in [1.165, 1.54) is 28.5 Å². The first kappa shape index (κ1) is 20.3. The monoisotopic (exact) mass is 449 g/mol. The highest BCUT2D eigenvalue weighted by atomic mass is 32.1. The van der Waals surface area contributed by atoms with E-state index in [2.05, 4.69) is 15.3 Å². The van der Waals surface area contributed by atoms with Crippen molar-refractivity contribution in [2.24, 2.45) is 0 Å². The lowest BCUT2D eigenvalue weighted by Gasteiger charge is -2.23. The Balaban J connectivity index is 1.39. The smallest absolute Gasteiger partial charge is 0.346 e. The van der Waals surface area contributed by atoms with Crippen molar-refractivity contribution in [2.45, 2.75) is 19.4 Å². The predicted octanol–water partition coefficient (Wildman–Crippen LogP) is 5.30. The topological polar surface area (TPSA) is 93.4 Å². The van der Waals surface area contributed by atoms with Crippen molar-refractivity contribution in [3.63, 3.8) is 0 Å². The number of pyridine rings is 1. The summed E-state index contributed by atoms with van der Waals surface area (Å²) in [6.45, 7) is 2.33. The largest absolute Gasteiger partial charge is 0.375 e. The summed E-state index contributed by atoms with van der Waals surface area (Å²) in [6.07, 6.45) is 0.639. The molecule has 0 aliphatic carbocycles. The molecule has 1 aliphatic rings. The number of aromatic nitrogens is 2. The summed E-state index contributed by atoms with van der Waals surface area (Å²) < 4.78 is 13.3. The average Bonchev–Trinajstić information content (AvgIpc) is 3.41. The highest BCUT2D eigenvalue weighted by Crippen LogP contribution is 2.32. The van der Waals surface area contributed by atoms with E-state index >= 15 is 0 Å². The molecule has 32 heavy (non-hydrogen) atoms. The van der Waals surface area contributed by atoms with E-state index < -0.39 is 0 Å². The highest BCUT2D eigenvalue weighted by Gasteiger charge is 2.32. The van der Waals surface area contributed by atoms with Crippen molar-refractivity contribution < 1.29 is 14.0 Å². The summed E-state index contributed by atoms with van der Waals surface area (Å²) in [7, 11) is 0. The first-order valence-electron chi connectivity index (χ1n) is 10.1. The summed E-state index contributed by atoms with van der Waals surface area (Å²) in [5.41, 5.74) is 10.6. The summed E-state index contributed by atoms with van der Waals surface area (Å²) in [5.74, 6) is -0.316. The molecule has 1 saturated heterocycles. The van der Waals surface area contributed by atoms with Crippen LogP contribution in [0.2, 0.25) is 0 Å².